The molecule has 0 saturated carbocycles. The summed E-state index contributed by atoms with van der Waals surface area (Å²) in [5, 5.41) is 21.3. The number of amides is 1. The molecule has 2 heterocycles. The summed E-state index contributed by atoms with van der Waals surface area (Å²) in [6, 6.07) is 8.42. The van der Waals surface area contributed by atoms with Crippen molar-refractivity contribution in [2.24, 2.45) is 0 Å². The number of esters is 1. The summed E-state index contributed by atoms with van der Waals surface area (Å²) in [5.74, 6) is -2.38. The van der Waals surface area contributed by atoms with Crippen LogP contribution in [0.4, 0.5) is 5.82 Å². The highest BCUT2D eigenvalue weighted by atomic mass is 16.6. The van der Waals surface area contributed by atoms with Crippen molar-refractivity contribution in [3.8, 4) is 0 Å². The molecule has 0 aliphatic carbocycles. The molecule has 3 N–H and O–H groups in total. The molecule has 1 unspecified atom stereocenters. The van der Waals surface area contributed by atoms with Crippen molar-refractivity contribution in [2.45, 2.75) is 44.3 Å². The molecule has 0 spiro atoms. The number of aliphatic carboxylic acids is 1. The van der Waals surface area contributed by atoms with Gasteiger partial charge in [-0.2, -0.15) is 4.98 Å². The van der Waals surface area contributed by atoms with Crippen LogP contribution in [0.25, 0.3) is 0 Å². The van der Waals surface area contributed by atoms with Crippen LogP contribution in [-0.2, 0) is 28.5 Å². The van der Waals surface area contributed by atoms with Crippen LogP contribution >= 0.6 is 0 Å². The van der Waals surface area contributed by atoms with Crippen molar-refractivity contribution in [3.63, 3.8) is 0 Å². The van der Waals surface area contributed by atoms with Gasteiger partial charge in [0.25, 0.3) is 5.91 Å². The van der Waals surface area contributed by atoms with Crippen molar-refractivity contribution in [2.75, 3.05) is 32.2 Å². The second-order valence-corrected chi connectivity index (χ2v) is 8.21. The van der Waals surface area contributed by atoms with E-state index < -0.39 is 67.5 Å². The first-order valence-electron chi connectivity index (χ1n) is 11.5. The van der Waals surface area contributed by atoms with Crippen molar-refractivity contribution < 1.29 is 43.5 Å². The molecule has 37 heavy (non-hydrogen) atoms. The van der Waals surface area contributed by atoms with Crippen LogP contribution in [0.2, 0.25) is 0 Å². The molecule has 1 aromatic carbocycles. The zero-order valence-electron chi connectivity index (χ0n) is 20.4. The number of benzene rings is 1. The number of anilines is 1. The number of carbonyl (C=O) groups excluding carboxylic acids is 2. The molecule has 0 bridgehead atoms. The molecule has 1 fully saturated rings. The van der Waals surface area contributed by atoms with E-state index in [1.165, 1.54) is 13.3 Å². The maximum Gasteiger partial charge on any atom is 0.351 e. The lowest BCUT2D eigenvalue weighted by molar-refractivity contribution is -0.161. The van der Waals surface area contributed by atoms with E-state index in [1.807, 2.05) is 0 Å². The summed E-state index contributed by atoms with van der Waals surface area (Å²) in [6.07, 6.45) is -3.82. The van der Waals surface area contributed by atoms with E-state index in [9.17, 15) is 24.3 Å². The highest BCUT2D eigenvalue weighted by Crippen LogP contribution is 2.33. The van der Waals surface area contributed by atoms with E-state index in [1.54, 1.807) is 37.3 Å². The molecule has 1 amide bonds. The van der Waals surface area contributed by atoms with Crippen molar-refractivity contribution in [1.29, 1.82) is 0 Å². The maximum atomic E-state index is 13.0. The number of rotatable bonds is 12. The fourth-order valence-electron chi connectivity index (χ4n) is 3.73. The molecule has 1 saturated heterocycles. The fourth-order valence-corrected chi connectivity index (χ4v) is 3.73. The number of methoxy groups -OCH3 is 1. The van der Waals surface area contributed by atoms with Crippen molar-refractivity contribution >= 4 is 23.7 Å². The van der Waals surface area contributed by atoms with Gasteiger partial charge >= 0.3 is 17.6 Å². The van der Waals surface area contributed by atoms with Crippen LogP contribution in [0.3, 0.4) is 0 Å². The number of aliphatic hydroxyl groups excluding tert-OH is 1. The van der Waals surface area contributed by atoms with E-state index >= 15 is 0 Å². The molecule has 13 nitrogen and oxygen atoms in total. The van der Waals surface area contributed by atoms with Gasteiger partial charge in [0.2, 0.25) is 0 Å². The first-order chi connectivity index (χ1) is 17.7. The van der Waals surface area contributed by atoms with Crippen molar-refractivity contribution in [3.05, 3.63) is 58.1 Å². The molecule has 2 aromatic rings. The number of hydrogen-bond donors (Lipinski definition) is 3. The van der Waals surface area contributed by atoms with Gasteiger partial charge in [0, 0.05) is 24.4 Å². The Hall–Kier alpha value is -3.65. The smallest absolute Gasteiger partial charge is 0.351 e. The first-order valence-corrected chi connectivity index (χ1v) is 11.5. The van der Waals surface area contributed by atoms with Crippen LogP contribution in [0, 0.1) is 6.92 Å². The largest absolute Gasteiger partial charge is 0.481 e. The molecular formula is C24H29N3O10. The van der Waals surface area contributed by atoms with Crippen LogP contribution in [0.1, 0.15) is 35.0 Å². The van der Waals surface area contributed by atoms with Gasteiger partial charge in [-0.1, -0.05) is 18.2 Å². The monoisotopic (exact) mass is 519 g/mol. The van der Waals surface area contributed by atoms with Gasteiger partial charge in [-0.25, -0.2) is 4.79 Å². The number of aryl methyl sites for hydroxylation is 1. The van der Waals surface area contributed by atoms with Gasteiger partial charge in [0.15, 0.2) is 12.3 Å². The Morgan fingerprint density at radius 2 is 1.86 bits per heavy atom. The molecular weight excluding hydrogens is 490 g/mol. The summed E-state index contributed by atoms with van der Waals surface area (Å²) in [5.41, 5.74) is 0.0383. The van der Waals surface area contributed by atoms with E-state index in [0.717, 1.165) is 4.57 Å². The number of hydrogen-bond acceptors (Lipinski definition) is 10. The predicted octanol–water partition coefficient (Wildman–Crippen LogP) is 0.502. The molecule has 13 heteroatoms. The predicted molar refractivity (Wildman–Crippen MR) is 127 cm³/mol. The van der Waals surface area contributed by atoms with E-state index in [0.29, 0.717) is 11.1 Å². The zero-order chi connectivity index (χ0) is 26.9. The Bertz CT molecular complexity index is 1150. The average Bonchev–Trinajstić information content (AvgIpc) is 3.22. The van der Waals surface area contributed by atoms with Crippen LogP contribution in [0.15, 0.2) is 41.3 Å². The summed E-state index contributed by atoms with van der Waals surface area (Å²) >= 11 is 0. The van der Waals surface area contributed by atoms with Gasteiger partial charge < -0.3 is 34.5 Å². The van der Waals surface area contributed by atoms with Gasteiger partial charge in [-0.3, -0.25) is 19.0 Å². The number of nitrogens with zero attached hydrogens (tertiary/aromatic N) is 2. The van der Waals surface area contributed by atoms with Crippen molar-refractivity contribution in [1.82, 2.24) is 9.55 Å². The minimum Gasteiger partial charge on any atom is -0.481 e. The summed E-state index contributed by atoms with van der Waals surface area (Å²) < 4.78 is 23.2. The van der Waals surface area contributed by atoms with E-state index in [2.05, 4.69) is 10.3 Å². The van der Waals surface area contributed by atoms with Gasteiger partial charge in [-0.05, 0) is 19.1 Å². The number of carboxylic acids is 1. The summed E-state index contributed by atoms with van der Waals surface area (Å²) in [6.45, 7) is 1.30. The Labute approximate surface area is 211 Å². The number of ether oxygens (including phenoxy) is 4. The molecule has 1 aromatic heterocycles. The Morgan fingerprint density at radius 1 is 1.14 bits per heavy atom. The molecule has 200 valence electrons. The number of carbonyl (C=O) groups is 3. The fraction of sp³-hybridized carbons (Fsp3) is 0.458. The van der Waals surface area contributed by atoms with Crippen LogP contribution < -0.4 is 11.0 Å². The number of aromatic nitrogens is 2. The standard InChI is InChI=1S/C24H29N3O10/c1-14-12-27(24(33)26-21(14)25-22(32)15-6-4-3-5-7-15)23-20(35-11-10-34-2)19(16(13-28)36-23)37-18(31)9-8-17(29)30/h3-7,12,16,19-20,23,28H,8-11,13H2,1-2H3,(H,29,30)(H,25,26,32,33)/t16-,19?,20+,23-/m1/s1. The highest BCUT2D eigenvalue weighted by Gasteiger charge is 2.49. The second kappa shape index (κ2) is 13.1. The number of nitrogens with one attached hydrogen (secondary N) is 1. The summed E-state index contributed by atoms with van der Waals surface area (Å²) in [7, 11) is 1.46. The van der Waals surface area contributed by atoms with E-state index in [4.69, 9.17) is 24.1 Å². The topological polar surface area (TPSA) is 176 Å². The quantitative estimate of drug-likeness (QED) is 0.263. The van der Waals surface area contributed by atoms with Crippen LogP contribution in [-0.4, -0.2) is 82.9 Å². The average molecular weight is 520 g/mol. The van der Waals surface area contributed by atoms with Gasteiger partial charge in [0.05, 0.1) is 32.7 Å². The molecule has 0 radical (unpaired) electrons. The SMILES string of the molecule is COCCO[C@H]1C(OC(=O)CCC(=O)O)[C@@H](CO)O[C@H]1n1cc(C)c(NC(=O)c2ccccc2)nc1=O. The number of carboxylic acid groups (broad SMARTS) is 1. The third-order valence-corrected chi connectivity index (χ3v) is 5.55. The lowest BCUT2D eigenvalue weighted by Gasteiger charge is -2.25. The first kappa shape index (κ1) is 27.9. The maximum absolute atomic E-state index is 13.0. The molecule has 1 aliphatic heterocycles. The summed E-state index contributed by atoms with van der Waals surface area (Å²) in [4.78, 5) is 52.5. The highest BCUT2D eigenvalue weighted by molar-refractivity contribution is 6.04. The minimum atomic E-state index is -1.17. The molecule has 3 rings (SSSR count). The normalized spacial score (nSPS) is 20.9. The Balaban J connectivity index is 1.86. The van der Waals surface area contributed by atoms with E-state index in [-0.39, 0.29) is 19.0 Å². The lowest BCUT2D eigenvalue weighted by atomic mass is 10.1. The second-order valence-electron chi connectivity index (χ2n) is 8.21. The Kier molecular flexibility index (Phi) is 9.85. The Morgan fingerprint density at radius 3 is 2.51 bits per heavy atom. The molecule has 4 atom stereocenters. The lowest BCUT2D eigenvalue weighted by Crippen LogP contribution is -2.41. The minimum absolute atomic E-state index is 0.0503. The number of aliphatic hydroxyl groups is 1. The third-order valence-electron chi connectivity index (χ3n) is 5.55. The molecule has 1 aliphatic rings. The zero-order valence-corrected chi connectivity index (χ0v) is 20.4. The van der Waals surface area contributed by atoms with Gasteiger partial charge in [-0.15, -0.1) is 0 Å². The van der Waals surface area contributed by atoms with Gasteiger partial charge in [0.1, 0.15) is 18.0 Å². The van der Waals surface area contributed by atoms with Crippen LogP contribution in [0.5, 0.6) is 0 Å². The third kappa shape index (κ3) is 7.20.